The number of aryl methyl sites for hydroxylation is 2. The Morgan fingerprint density at radius 2 is 1.86 bits per heavy atom. The first-order valence-electron chi connectivity index (χ1n) is 7.34. The van der Waals surface area contributed by atoms with Crippen molar-refractivity contribution in [2.24, 2.45) is 0 Å². The molecule has 0 nitrogen and oxygen atoms in total. The Hall–Kier alpha value is -1.77. The quantitative estimate of drug-likeness (QED) is 0.735. The minimum atomic E-state index is -0.823. The van der Waals surface area contributed by atoms with Gasteiger partial charge in [0, 0.05) is 0 Å². The standard InChI is InChI=1S/C18H17F3/c1-2-11-3-7-14(17(20)9-11)13-5-4-12-6-8-16(19)18(21)15(12)10-13/h3,6-9,13H,2,4-5,10H2,1H3. The number of rotatable bonds is 2. The van der Waals surface area contributed by atoms with Gasteiger partial charge in [0.1, 0.15) is 5.82 Å². The molecule has 1 aliphatic carbocycles. The van der Waals surface area contributed by atoms with Gasteiger partial charge >= 0.3 is 0 Å². The molecule has 0 fully saturated rings. The van der Waals surface area contributed by atoms with E-state index in [1.165, 1.54) is 6.07 Å². The van der Waals surface area contributed by atoms with Crippen molar-refractivity contribution in [1.82, 2.24) is 0 Å². The maximum atomic E-state index is 14.2. The maximum absolute atomic E-state index is 14.2. The first-order valence-corrected chi connectivity index (χ1v) is 7.34. The van der Waals surface area contributed by atoms with Crippen LogP contribution in [0.3, 0.4) is 0 Å². The molecule has 21 heavy (non-hydrogen) atoms. The Balaban J connectivity index is 1.94. The van der Waals surface area contributed by atoms with Gasteiger partial charge in [-0.05, 0) is 66.0 Å². The molecule has 0 N–H and O–H groups in total. The highest BCUT2D eigenvalue weighted by Crippen LogP contribution is 2.35. The third-order valence-electron chi connectivity index (χ3n) is 4.42. The molecule has 0 spiro atoms. The van der Waals surface area contributed by atoms with Gasteiger partial charge in [-0.2, -0.15) is 0 Å². The smallest absolute Gasteiger partial charge is 0.162 e. The van der Waals surface area contributed by atoms with E-state index in [2.05, 4.69) is 0 Å². The summed E-state index contributed by atoms with van der Waals surface area (Å²) in [6.07, 6.45) is 2.57. The third-order valence-corrected chi connectivity index (χ3v) is 4.42. The van der Waals surface area contributed by atoms with Crippen LogP contribution in [0.15, 0.2) is 30.3 Å². The molecule has 0 aromatic heterocycles. The van der Waals surface area contributed by atoms with E-state index in [0.29, 0.717) is 24.0 Å². The molecule has 110 valence electrons. The third kappa shape index (κ3) is 2.57. The summed E-state index contributed by atoms with van der Waals surface area (Å²) in [4.78, 5) is 0. The summed E-state index contributed by atoms with van der Waals surface area (Å²) in [6.45, 7) is 1.98. The topological polar surface area (TPSA) is 0 Å². The molecule has 1 unspecified atom stereocenters. The Morgan fingerprint density at radius 3 is 2.57 bits per heavy atom. The molecule has 2 aromatic rings. The molecular weight excluding hydrogens is 273 g/mol. The second-order valence-corrected chi connectivity index (χ2v) is 5.65. The highest BCUT2D eigenvalue weighted by molar-refractivity contribution is 5.36. The van der Waals surface area contributed by atoms with Crippen LogP contribution in [0.4, 0.5) is 13.2 Å². The van der Waals surface area contributed by atoms with Gasteiger partial charge in [0.25, 0.3) is 0 Å². The lowest BCUT2D eigenvalue weighted by Crippen LogP contribution is -2.16. The number of benzene rings is 2. The molecule has 0 saturated carbocycles. The van der Waals surface area contributed by atoms with Crippen LogP contribution in [0.2, 0.25) is 0 Å². The largest absolute Gasteiger partial charge is 0.207 e. The van der Waals surface area contributed by atoms with Crippen molar-refractivity contribution in [3.8, 4) is 0 Å². The van der Waals surface area contributed by atoms with Crippen LogP contribution in [0.5, 0.6) is 0 Å². The summed E-state index contributed by atoms with van der Waals surface area (Å²) in [5.41, 5.74) is 2.81. The first kappa shape index (κ1) is 14.2. The van der Waals surface area contributed by atoms with E-state index < -0.39 is 11.6 Å². The Morgan fingerprint density at radius 1 is 1.05 bits per heavy atom. The van der Waals surface area contributed by atoms with Gasteiger partial charge in [0.15, 0.2) is 11.6 Å². The van der Waals surface area contributed by atoms with Crippen LogP contribution in [-0.2, 0) is 19.3 Å². The molecule has 0 aliphatic heterocycles. The summed E-state index contributed by atoms with van der Waals surface area (Å²) in [6, 6.07) is 8.06. The zero-order chi connectivity index (χ0) is 15.0. The van der Waals surface area contributed by atoms with E-state index >= 15 is 0 Å². The van der Waals surface area contributed by atoms with Crippen LogP contribution >= 0.6 is 0 Å². The van der Waals surface area contributed by atoms with Gasteiger partial charge in [0.2, 0.25) is 0 Å². The van der Waals surface area contributed by atoms with Crippen molar-refractivity contribution >= 4 is 0 Å². The Labute approximate surface area is 122 Å². The summed E-state index contributed by atoms with van der Waals surface area (Å²) in [5.74, 6) is -1.92. The fourth-order valence-corrected chi connectivity index (χ4v) is 3.15. The number of hydrogen-bond acceptors (Lipinski definition) is 0. The van der Waals surface area contributed by atoms with Gasteiger partial charge in [-0.25, -0.2) is 13.2 Å². The highest BCUT2D eigenvalue weighted by atomic mass is 19.2. The Bertz CT molecular complexity index is 676. The molecule has 1 aliphatic rings. The average Bonchev–Trinajstić information content (AvgIpc) is 2.50. The van der Waals surface area contributed by atoms with Crippen LogP contribution in [0.25, 0.3) is 0 Å². The van der Waals surface area contributed by atoms with Gasteiger partial charge in [-0.1, -0.05) is 25.1 Å². The average molecular weight is 290 g/mol. The van der Waals surface area contributed by atoms with Gasteiger partial charge < -0.3 is 0 Å². The minimum Gasteiger partial charge on any atom is -0.207 e. The lowest BCUT2D eigenvalue weighted by molar-refractivity contribution is 0.470. The molecule has 3 heteroatoms. The Kier molecular flexibility index (Phi) is 3.75. The molecular formula is C18H17F3. The predicted octanol–water partition coefficient (Wildman–Crippen LogP) is 4.94. The van der Waals surface area contributed by atoms with Crippen molar-refractivity contribution in [3.05, 3.63) is 70.0 Å². The SMILES string of the molecule is CCc1ccc(C2CCc3ccc(F)c(F)c3C2)c(F)c1. The van der Waals surface area contributed by atoms with Crippen LogP contribution in [0, 0.1) is 17.5 Å². The molecule has 0 radical (unpaired) electrons. The maximum Gasteiger partial charge on any atom is 0.162 e. The van der Waals surface area contributed by atoms with Crippen LogP contribution in [-0.4, -0.2) is 0 Å². The van der Waals surface area contributed by atoms with E-state index in [4.69, 9.17) is 0 Å². The van der Waals surface area contributed by atoms with E-state index in [0.717, 1.165) is 24.0 Å². The van der Waals surface area contributed by atoms with Crippen molar-refractivity contribution < 1.29 is 13.2 Å². The highest BCUT2D eigenvalue weighted by Gasteiger charge is 2.26. The predicted molar refractivity (Wildman–Crippen MR) is 76.9 cm³/mol. The molecule has 0 heterocycles. The molecule has 2 aromatic carbocycles. The van der Waals surface area contributed by atoms with Crippen LogP contribution < -0.4 is 0 Å². The van der Waals surface area contributed by atoms with Crippen LogP contribution in [0.1, 0.15) is 41.5 Å². The molecule has 0 bridgehead atoms. The van der Waals surface area contributed by atoms with Crippen molar-refractivity contribution in [3.63, 3.8) is 0 Å². The van der Waals surface area contributed by atoms with Crippen molar-refractivity contribution in [2.45, 2.75) is 38.5 Å². The van der Waals surface area contributed by atoms with E-state index in [1.54, 1.807) is 18.2 Å². The monoisotopic (exact) mass is 290 g/mol. The fourth-order valence-electron chi connectivity index (χ4n) is 3.15. The van der Waals surface area contributed by atoms with Gasteiger partial charge in [-0.3, -0.25) is 0 Å². The van der Waals surface area contributed by atoms with Crippen molar-refractivity contribution in [1.29, 1.82) is 0 Å². The normalized spacial score (nSPS) is 17.6. The summed E-state index contributed by atoms with van der Waals surface area (Å²) >= 11 is 0. The lowest BCUT2D eigenvalue weighted by Gasteiger charge is -2.26. The second kappa shape index (κ2) is 5.55. The minimum absolute atomic E-state index is 0.0836. The van der Waals surface area contributed by atoms with E-state index in [1.807, 2.05) is 13.0 Å². The fraction of sp³-hybridized carbons (Fsp3) is 0.333. The first-order chi connectivity index (χ1) is 10.1. The van der Waals surface area contributed by atoms with Gasteiger partial charge in [0.05, 0.1) is 0 Å². The van der Waals surface area contributed by atoms with E-state index in [9.17, 15) is 13.2 Å². The zero-order valence-electron chi connectivity index (χ0n) is 11.9. The number of fused-ring (bicyclic) bond motifs is 1. The lowest BCUT2D eigenvalue weighted by atomic mass is 9.79. The molecule has 0 saturated heterocycles. The number of halogens is 3. The zero-order valence-corrected chi connectivity index (χ0v) is 11.9. The van der Waals surface area contributed by atoms with E-state index in [-0.39, 0.29) is 11.7 Å². The molecule has 0 amide bonds. The van der Waals surface area contributed by atoms with Crippen molar-refractivity contribution in [2.75, 3.05) is 0 Å². The molecule has 1 atom stereocenters. The molecule has 3 rings (SSSR count). The summed E-state index contributed by atoms with van der Waals surface area (Å²) in [7, 11) is 0. The van der Waals surface area contributed by atoms with Gasteiger partial charge in [-0.15, -0.1) is 0 Å². The summed E-state index contributed by atoms with van der Waals surface area (Å²) in [5, 5.41) is 0. The summed E-state index contributed by atoms with van der Waals surface area (Å²) < 4.78 is 41.5. The second-order valence-electron chi connectivity index (χ2n) is 5.65. The number of hydrogen-bond donors (Lipinski definition) is 0.